The van der Waals surface area contributed by atoms with Gasteiger partial charge in [0.1, 0.15) is 0 Å². The predicted molar refractivity (Wildman–Crippen MR) is 45.4 cm³/mol. The first-order chi connectivity index (χ1) is 5.41. The Morgan fingerprint density at radius 3 is 2.45 bits per heavy atom. The molecule has 1 atom stereocenters. The van der Waals surface area contributed by atoms with Gasteiger partial charge in [0.15, 0.2) is 0 Å². The summed E-state index contributed by atoms with van der Waals surface area (Å²) in [5.74, 6) is 0. The fraction of sp³-hybridized carbons (Fsp3) is 0.600. The predicted octanol–water partition coefficient (Wildman–Crippen LogP) is 2.44. The molecular weight excluding hydrogens is 136 g/mol. The highest BCUT2D eigenvalue weighted by Gasteiger charge is 2.30. The minimum atomic E-state index is 0.184. The van der Waals surface area contributed by atoms with Gasteiger partial charge in [-0.25, -0.2) is 0 Å². The standard InChI is InChI=1S/C10H14O/c1-2-6-10(7-3-1)8-4-5-9-11-10/h1-2,4-5H,3,6-9H2/t10-/m0/s1. The van der Waals surface area contributed by atoms with Crippen molar-refractivity contribution in [3.8, 4) is 0 Å². The molecule has 0 saturated heterocycles. The fourth-order valence-corrected chi connectivity index (χ4v) is 1.83. The normalized spacial score (nSPS) is 36.4. The first kappa shape index (κ1) is 7.11. The summed E-state index contributed by atoms with van der Waals surface area (Å²) < 4.78 is 5.77. The summed E-state index contributed by atoms with van der Waals surface area (Å²) in [4.78, 5) is 0. The van der Waals surface area contributed by atoms with Crippen LogP contribution in [0.1, 0.15) is 25.7 Å². The van der Waals surface area contributed by atoms with E-state index in [1.807, 2.05) is 0 Å². The van der Waals surface area contributed by atoms with Gasteiger partial charge < -0.3 is 4.74 Å². The maximum atomic E-state index is 5.77. The fourth-order valence-electron chi connectivity index (χ4n) is 1.83. The van der Waals surface area contributed by atoms with E-state index >= 15 is 0 Å². The molecule has 1 heterocycles. The van der Waals surface area contributed by atoms with Gasteiger partial charge in [0, 0.05) is 0 Å². The monoisotopic (exact) mass is 150 g/mol. The van der Waals surface area contributed by atoms with Gasteiger partial charge in [-0.15, -0.1) is 0 Å². The van der Waals surface area contributed by atoms with E-state index in [1.54, 1.807) is 0 Å². The molecule has 1 heteroatoms. The van der Waals surface area contributed by atoms with Crippen molar-refractivity contribution in [1.29, 1.82) is 0 Å². The third kappa shape index (κ3) is 1.38. The molecule has 0 unspecified atom stereocenters. The number of hydrogen-bond donors (Lipinski definition) is 0. The molecule has 2 rings (SSSR count). The Kier molecular flexibility index (Phi) is 1.82. The average molecular weight is 150 g/mol. The summed E-state index contributed by atoms with van der Waals surface area (Å²) in [6.45, 7) is 0.813. The summed E-state index contributed by atoms with van der Waals surface area (Å²) in [6, 6.07) is 0. The maximum absolute atomic E-state index is 5.77. The summed E-state index contributed by atoms with van der Waals surface area (Å²) in [7, 11) is 0. The number of allylic oxidation sites excluding steroid dienone is 1. The molecule has 60 valence electrons. The zero-order valence-electron chi connectivity index (χ0n) is 6.75. The van der Waals surface area contributed by atoms with Gasteiger partial charge in [-0.1, -0.05) is 24.3 Å². The smallest absolute Gasteiger partial charge is 0.0758 e. The Labute approximate surface area is 67.7 Å². The molecule has 0 radical (unpaired) electrons. The van der Waals surface area contributed by atoms with Crippen molar-refractivity contribution in [3.05, 3.63) is 24.3 Å². The van der Waals surface area contributed by atoms with Crippen LogP contribution < -0.4 is 0 Å². The molecule has 0 aromatic carbocycles. The van der Waals surface area contributed by atoms with Gasteiger partial charge in [-0.2, -0.15) is 0 Å². The first-order valence-electron chi connectivity index (χ1n) is 4.35. The van der Waals surface area contributed by atoms with E-state index in [9.17, 15) is 0 Å². The minimum Gasteiger partial charge on any atom is -0.370 e. The van der Waals surface area contributed by atoms with E-state index in [1.165, 1.54) is 12.8 Å². The second-order valence-corrected chi connectivity index (χ2v) is 3.38. The lowest BCUT2D eigenvalue weighted by Crippen LogP contribution is -2.34. The van der Waals surface area contributed by atoms with Crippen LogP contribution in [-0.2, 0) is 4.74 Å². The highest BCUT2D eigenvalue weighted by Crippen LogP contribution is 2.33. The quantitative estimate of drug-likeness (QED) is 0.482. The van der Waals surface area contributed by atoms with Crippen LogP contribution in [0.3, 0.4) is 0 Å². The lowest BCUT2D eigenvalue weighted by Gasteiger charge is -2.35. The first-order valence-corrected chi connectivity index (χ1v) is 4.35. The molecule has 1 aliphatic carbocycles. The van der Waals surface area contributed by atoms with Crippen LogP contribution >= 0.6 is 0 Å². The molecule has 1 spiro atoms. The molecule has 0 bridgehead atoms. The molecule has 2 aliphatic rings. The van der Waals surface area contributed by atoms with Gasteiger partial charge in [0.25, 0.3) is 0 Å². The van der Waals surface area contributed by atoms with Crippen LogP contribution in [0.4, 0.5) is 0 Å². The van der Waals surface area contributed by atoms with Crippen molar-refractivity contribution in [1.82, 2.24) is 0 Å². The summed E-state index contributed by atoms with van der Waals surface area (Å²) in [6.07, 6.45) is 13.5. The van der Waals surface area contributed by atoms with Crippen LogP contribution in [0.25, 0.3) is 0 Å². The summed E-state index contributed by atoms with van der Waals surface area (Å²) in [5, 5.41) is 0. The van der Waals surface area contributed by atoms with Crippen LogP contribution in [0, 0.1) is 0 Å². The topological polar surface area (TPSA) is 9.23 Å². The maximum Gasteiger partial charge on any atom is 0.0758 e. The van der Waals surface area contributed by atoms with Crippen molar-refractivity contribution >= 4 is 0 Å². The number of hydrogen-bond acceptors (Lipinski definition) is 1. The summed E-state index contributed by atoms with van der Waals surface area (Å²) in [5.41, 5.74) is 0.184. The second kappa shape index (κ2) is 2.82. The van der Waals surface area contributed by atoms with E-state index in [4.69, 9.17) is 4.74 Å². The molecule has 11 heavy (non-hydrogen) atoms. The molecule has 0 N–H and O–H groups in total. The summed E-state index contributed by atoms with van der Waals surface area (Å²) >= 11 is 0. The van der Waals surface area contributed by atoms with Crippen molar-refractivity contribution in [2.24, 2.45) is 0 Å². The van der Waals surface area contributed by atoms with E-state index < -0.39 is 0 Å². The van der Waals surface area contributed by atoms with Gasteiger partial charge >= 0.3 is 0 Å². The molecule has 0 amide bonds. The highest BCUT2D eigenvalue weighted by atomic mass is 16.5. The zero-order chi connectivity index (χ0) is 7.57. The van der Waals surface area contributed by atoms with Crippen molar-refractivity contribution in [2.45, 2.75) is 31.3 Å². The molecule has 0 fully saturated rings. The third-order valence-electron chi connectivity index (χ3n) is 2.57. The minimum absolute atomic E-state index is 0.184. The molecule has 0 aromatic heterocycles. The zero-order valence-corrected chi connectivity index (χ0v) is 6.75. The SMILES string of the molecule is C1=CC[C@@]2(CC=CCO2)CC1. The van der Waals surface area contributed by atoms with E-state index in [0.717, 1.165) is 19.4 Å². The van der Waals surface area contributed by atoms with E-state index in [2.05, 4.69) is 24.3 Å². The molecular formula is C10H14O. The Hall–Kier alpha value is -0.560. The van der Waals surface area contributed by atoms with E-state index in [-0.39, 0.29) is 5.60 Å². The molecule has 0 saturated carbocycles. The lowest BCUT2D eigenvalue weighted by molar-refractivity contribution is -0.0424. The average Bonchev–Trinajstić information content (AvgIpc) is 2.07. The van der Waals surface area contributed by atoms with Gasteiger partial charge in [-0.05, 0) is 25.7 Å². The lowest BCUT2D eigenvalue weighted by atomic mass is 9.85. The molecule has 1 aliphatic heterocycles. The Balaban J connectivity index is 2.09. The third-order valence-corrected chi connectivity index (χ3v) is 2.57. The highest BCUT2D eigenvalue weighted by molar-refractivity contribution is 5.05. The van der Waals surface area contributed by atoms with Crippen molar-refractivity contribution < 1.29 is 4.74 Å². The Bertz CT molecular complexity index is 169. The number of ether oxygens (including phenoxy) is 1. The van der Waals surface area contributed by atoms with Gasteiger partial charge in [0.05, 0.1) is 12.2 Å². The second-order valence-electron chi connectivity index (χ2n) is 3.38. The molecule has 1 nitrogen and oxygen atoms in total. The number of rotatable bonds is 0. The Morgan fingerprint density at radius 2 is 1.82 bits per heavy atom. The van der Waals surface area contributed by atoms with Crippen LogP contribution in [-0.4, -0.2) is 12.2 Å². The van der Waals surface area contributed by atoms with Crippen LogP contribution in [0.2, 0.25) is 0 Å². The Morgan fingerprint density at radius 1 is 1.00 bits per heavy atom. The van der Waals surface area contributed by atoms with Crippen LogP contribution in [0.15, 0.2) is 24.3 Å². The van der Waals surface area contributed by atoms with Gasteiger partial charge in [0.2, 0.25) is 0 Å². The molecule has 0 aromatic rings. The van der Waals surface area contributed by atoms with Gasteiger partial charge in [-0.3, -0.25) is 0 Å². The van der Waals surface area contributed by atoms with Crippen LogP contribution in [0.5, 0.6) is 0 Å². The van der Waals surface area contributed by atoms with Crippen molar-refractivity contribution in [3.63, 3.8) is 0 Å². The van der Waals surface area contributed by atoms with E-state index in [0.29, 0.717) is 0 Å². The van der Waals surface area contributed by atoms with Crippen molar-refractivity contribution in [2.75, 3.05) is 6.61 Å². The largest absolute Gasteiger partial charge is 0.370 e.